The summed E-state index contributed by atoms with van der Waals surface area (Å²) in [5, 5.41) is 6.27. The van der Waals surface area contributed by atoms with Crippen LogP contribution in [0.1, 0.15) is 17.7 Å². The van der Waals surface area contributed by atoms with Gasteiger partial charge < -0.3 is 10.6 Å². The highest BCUT2D eigenvalue weighted by atomic mass is 127. The molecule has 0 saturated heterocycles. The average Bonchev–Trinajstić information content (AvgIpc) is 2.62. The fourth-order valence-corrected chi connectivity index (χ4v) is 3.73. The standard InChI is InChI=1S/C18H24N4O2S.HI/c1-19-18(22-14-17-10-5-6-11-20-17)21-12-7-13-25(23,24)15-16-8-3-2-4-9-16;/h2-6,8-11H,7,12-15H2,1H3,(H2,19,21,22);1H. The molecule has 6 nitrogen and oxygen atoms in total. The van der Waals surface area contributed by atoms with Gasteiger partial charge in [0.1, 0.15) is 0 Å². The third-order valence-electron chi connectivity index (χ3n) is 3.54. The monoisotopic (exact) mass is 488 g/mol. The third-order valence-corrected chi connectivity index (χ3v) is 5.22. The Morgan fingerprint density at radius 2 is 1.81 bits per heavy atom. The lowest BCUT2D eigenvalue weighted by molar-refractivity contribution is 0.591. The number of hydrogen-bond donors (Lipinski definition) is 2. The first kappa shape index (κ1) is 22.4. The fourth-order valence-electron chi connectivity index (χ4n) is 2.30. The summed E-state index contributed by atoms with van der Waals surface area (Å²) in [6.45, 7) is 1.10. The summed E-state index contributed by atoms with van der Waals surface area (Å²) in [4.78, 5) is 8.35. The van der Waals surface area contributed by atoms with Gasteiger partial charge in [-0.15, -0.1) is 24.0 Å². The Bertz CT molecular complexity index is 768. The van der Waals surface area contributed by atoms with Gasteiger partial charge in [-0.2, -0.15) is 0 Å². The smallest absolute Gasteiger partial charge is 0.191 e. The van der Waals surface area contributed by atoms with E-state index >= 15 is 0 Å². The van der Waals surface area contributed by atoms with Crippen molar-refractivity contribution in [2.45, 2.75) is 18.7 Å². The van der Waals surface area contributed by atoms with Gasteiger partial charge in [-0.1, -0.05) is 36.4 Å². The van der Waals surface area contributed by atoms with Crippen LogP contribution in [0.5, 0.6) is 0 Å². The Hall–Kier alpha value is -1.68. The summed E-state index contributed by atoms with van der Waals surface area (Å²) in [5.74, 6) is 0.859. The Kier molecular flexibility index (Phi) is 10.2. The van der Waals surface area contributed by atoms with Gasteiger partial charge in [0.2, 0.25) is 0 Å². The first-order valence-corrected chi connectivity index (χ1v) is 10.00. The van der Waals surface area contributed by atoms with Gasteiger partial charge in [0, 0.05) is 19.8 Å². The predicted molar refractivity (Wildman–Crippen MR) is 116 cm³/mol. The lowest BCUT2D eigenvalue weighted by Crippen LogP contribution is -2.37. The molecule has 0 saturated carbocycles. The molecule has 0 radical (unpaired) electrons. The van der Waals surface area contributed by atoms with Crippen molar-refractivity contribution in [2.75, 3.05) is 19.3 Å². The number of nitrogens with one attached hydrogen (secondary N) is 2. The lowest BCUT2D eigenvalue weighted by atomic mass is 10.2. The molecule has 2 rings (SSSR count). The number of halogens is 1. The fraction of sp³-hybridized carbons (Fsp3) is 0.333. The number of aliphatic imine (C=N–C) groups is 1. The predicted octanol–water partition coefficient (Wildman–Crippen LogP) is 2.37. The minimum atomic E-state index is -3.10. The number of guanidine groups is 1. The van der Waals surface area contributed by atoms with Crippen molar-refractivity contribution in [3.63, 3.8) is 0 Å². The summed E-state index contributed by atoms with van der Waals surface area (Å²) in [6, 6.07) is 15.0. The number of nitrogens with zero attached hydrogens (tertiary/aromatic N) is 2. The van der Waals surface area contributed by atoms with Crippen molar-refractivity contribution in [3.05, 3.63) is 66.0 Å². The summed E-state index contributed by atoms with van der Waals surface area (Å²) < 4.78 is 24.3. The van der Waals surface area contributed by atoms with E-state index in [9.17, 15) is 8.42 Å². The second-order valence-electron chi connectivity index (χ2n) is 5.60. The Labute approximate surface area is 172 Å². The van der Waals surface area contributed by atoms with Crippen LogP contribution in [0.3, 0.4) is 0 Å². The largest absolute Gasteiger partial charge is 0.356 e. The van der Waals surface area contributed by atoms with Crippen LogP contribution in [0.25, 0.3) is 0 Å². The van der Waals surface area contributed by atoms with Crippen LogP contribution in [-0.4, -0.2) is 38.7 Å². The maximum absolute atomic E-state index is 12.1. The zero-order valence-electron chi connectivity index (χ0n) is 14.8. The number of aromatic nitrogens is 1. The normalized spacial score (nSPS) is 11.5. The summed E-state index contributed by atoms with van der Waals surface area (Å²) in [6.07, 6.45) is 2.27. The van der Waals surface area contributed by atoms with Crippen molar-refractivity contribution >= 4 is 39.8 Å². The molecule has 1 heterocycles. The summed E-state index contributed by atoms with van der Waals surface area (Å²) in [7, 11) is -1.42. The molecule has 142 valence electrons. The molecular formula is C18H25IN4O2S. The van der Waals surface area contributed by atoms with E-state index in [-0.39, 0.29) is 35.5 Å². The first-order valence-electron chi connectivity index (χ1n) is 8.18. The van der Waals surface area contributed by atoms with Gasteiger partial charge in [0.05, 0.1) is 23.7 Å². The highest BCUT2D eigenvalue weighted by molar-refractivity contribution is 14.0. The molecule has 2 aromatic rings. The number of rotatable bonds is 8. The lowest BCUT2D eigenvalue weighted by Gasteiger charge is -2.11. The van der Waals surface area contributed by atoms with E-state index in [1.807, 2.05) is 48.5 Å². The highest BCUT2D eigenvalue weighted by Crippen LogP contribution is 2.06. The van der Waals surface area contributed by atoms with Crippen LogP contribution >= 0.6 is 24.0 Å². The molecule has 0 atom stereocenters. The van der Waals surface area contributed by atoms with Crippen LogP contribution in [0, 0.1) is 0 Å². The quantitative estimate of drug-likeness (QED) is 0.258. The molecule has 1 aromatic heterocycles. The first-order chi connectivity index (χ1) is 12.1. The Balaban J connectivity index is 0.00000338. The number of pyridine rings is 1. The van der Waals surface area contributed by atoms with E-state index in [0.717, 1.165) is 11.3 Å². The van der Waals surface area contributed by atoms with Gasteiger partial charge in [-0.05, 0) is 24.1 Å². The number of benzene rings is 1. The van der Waals surface area contributed by atoms with Crippen molar-refractivity contribution in [1.82, 2.24) is 15.6 Å². The van der Waals surface area contributed by atoms with E-state index in [2.05, 4.69) is 20.6 Å². The number of sulfone groups is 1. The molecule has 26 heavy (non-hydrogen) atoms. The van der Waals surface area contributed by atoms with E-state index in [4.69, 9.17) is 0 Å². The van der Waals surface area contributed by atoms with Crippen LogP contribution < -0.4 is 10.6 Å². The van der Waals surface area contributed by atoms with E-state index < -0.39 is 9.84 Å². The molecule has 0 amide bonds. The van der Waals surface area contributed by atoms with Crippen molar-refractivity contribution < 1.29 is 8.42 Å². The zero-order chi connectivity index (χ0) is 18.0. The zero-order valence-corrected chi connectivity index (χ0v) is 17.9. The molecule has 0 bridgehead atoms. The summed E-state index contributed by atoms with van der Waals surface area (Å²) in [5.41, 5.74) is 1.74. The molecule has 8 heteroatoms. The van der Waals surface area contributed by atoms with Crippen molar-refractivity contribution in [2.24, 2.45) is 4.99 Å². The summed E-state index contributed by atoms with van der Waals surface area (Å²) >= 11 is 0. The molecule has 2 N–H and O–H groups in total. The molecule has 0 aliphatic rings. The van der Waals surface area contributed by atoms with E-state index in [0.29, 0.717) is 25.5 Å². The number of hydrogen-bond acceptors (Lipinski definition) is 4. The Morgan fingerprint density at radius 1 is 1.08 bits per heavy atom. The topological polar surface area (TPSA) is 83.5 Å². The molecule has 0 aliphatic carbocycles. The van der Waals surface area contributed by atoms with Crippen LogP contribution in [-0.2, 0) is 22.1 Å². The minimum Gasteiger partial charge on any atom is -0.356 e. The Morgan fingerprint density at radius 3 is 2.46 bits per heavy atom. The molecule has 0 spiro atoms. The maximum atomic E-state index is 12.1. The van der Waals surface area contributed by atoms with Gasteiger partial charge >= 0.3 is 0 Å². The second-order valence-corrected chi connectivity index (χ2v) is 7.79. The molecule has 0 fully saturated rings. The van der Waals surface area contributed by atoms with Crippen molar-refractivity contribution in [3.8, 4) is 0 Å². The average molecular weight is 488 g/mol. The van der Waals surface area contributed by atoms with Crippen molar-refractivity contribution in [1.29, 1.82) is 0 Å². The van der Waals surface area contributed by atoms with Crippen LogP contribution in [0.15, 0.2) is 59.7 Å². The van der Waals surface area contributed by atoms with Gasteiger partial charge in [0.15, 0.2) is 15.8 Å². The third kappa shape index (κ3) is 8.61. The van der Waals surface area contributed by atoms with Gasteiger partial charge in [-0.3, -0.25) is 9.98 Å². The molecule has 1 aromatic carbocycles. The van der Waals surface area contributed by atoms with Gasteiger partial charge in [-0.25, -0.2) is 8.42 Å². The van der Waals surface area contributed by atoms with Crippen LogP contribution in [0.2, 0.25) is 0 Å². The van der Waals surface area contributed by atoms with E-state index in [1.165, 1.54) is 0 Å². The maximum Gasteiger partial charge on any atom is 0.191 e. The molecular weight excluding hydrogens is 463 g/mol. The second kappa shape index (κ2) is 11.8. The molecule has 0 aliphatic heterocycles. The van der Waals surface area contributed by atoms with Gasteiger partial charge in [0.25, 0.3) is 0 Å². The minimum absolute atomic E-state index is 0. The van der Waals surface area contributed by atoms with E-state index in [1.54, 1.807) is 13.2 Å². The highest BCUT2D eigenvalue weighted by Gasteiger charge is 2.11. The SMILES string of the molecule is CN=C(NCCCS(=O)(=O)Cc1ccccc1)NCc1ccccn1.I. The van der Waals surface area contributed by atoms with Crippen LogP contribution in [0.4, 0.5) is 0 Å². The molecule has 0 unspecified atom stereocenters.